The summed E-state index contributed by atoms with van der Waals surface area (Å²) in [4.78, 5) is 13.5. The first-order valence-electron chi connectivity index (χ1n) is 3.63. The summed E-state index contributed by atoms with van der Waals surface area (Å²) in [6, 6.07) is 1.76. The molecule has 0 aliphatic rings. The molecule has 0 radical (unpaired) electrons. The van der Waals surface area contributed by atoms with Gasteiger partial charge in [0.1, 0.15) is 5.82 Å². The smallest absolute Gasteiger partial charge is 0.374 e. The van der Waals surface area contributed by atoms with Crippen LogP contribution >= 0.6 is 0 Å². The minimum atomic E-state index is -3.92. The number of aliphatic carboxylic acids is 1. The fourth-order valence-corrected chi connectivity index (χ4v) is 0.849. The molecule has 1 heterocycles. The lowest BCUT2D eigenvalue weighted by atomic mass is 10.1. The lowest BCUT2D eigenvalue weighted by Crippen LogP contribution is -2.31. The number of rotatable bonds is 3. The van der Waals surface area contributed by atoms with Crippen molar-refractivity contribution in [3.8, 4) is 0 Å². The molecule has 3 nitrogen and oxygen atoms in total. The Labute approximate surface area is 77.2 Å². The summed E-state index contributed by atoms with van der Waals surface area (Å²) in [7, 11) is 0. The van der Waals surface area contributed by atoms with Crippen molar-refractivity contribution in [2.24, 2.45) is 0 Å². The van der Waals surface area contributed by atoms with Crippen LogP contribution in [0.2, 0.25) is 0 Å². The van der Waals surface area contributed by atoms with E-state index in [1.807, 2.05) is 0 Å². The zero-order chi connectivity index (χ0) is 10.8. The van der Waals surface area contributed by atoms with E-state index in [9.17, 15) is 18.0 Å². The van der Waals surface area contributed by atoms with Crippen molar-refractivity contribution in [2.75, 3.05) is 0 Å². The molecule has 0 aliphatic heterocycles. The molecular weight excluding hydrogens is 199 g/mol. The van der Waals surface area contributed by atoms with Crippen molar-refractivity contribution in [1.82, 2.24) is 4.98 Å². The molecule has 76 valence electrons. The predicted molar refractivity (Wildman–Crippen MR) is 40.5 cm³/mol. The Kier molecular flexibility index (Phi) is 2.73. The normalized spacial score (nSPS) is 11.4. The Bertz CT molecular complexity index is 354. The van der Waals surface area contributed by atoms with Gasteiger partial charge in [-0.05, 0) is 12.1 Å². The number of alkyl halides is 2. The average Bonchev–Trinajstić information content (AvgIpc) is 2.02. The Morgan fingerprint density at radius 1 is 1.57 bits per heavy atom. The molecule has 1 aromatic heterocycles. The maximum Gasteiger partial charge on any atom is 0.374 e. The first kappa shape index (κ1) is 10.5. The standard InChI is InChI=1S/C8H6F3NO2/c9-5-1-2-12-6(3-5)4-8(10,11)7(13)14/h1-3H,4H2,(H,13,14). The van der Waals surface area contributed by atoms with Gasteiger partial charge in [-0.15, -0.1) is 0 Å². The molecule has 0 fully saturated rings. The van der Waals surface area contributed by atoms with Gasteiger partial charge in [0.15, 0.2) is 0 Å². The molecule has 0 aromatic carbocycles. The monoisotopic (exact) mass is 205 g/mol. The summed E-state index contributed by atoms with van der Waals surface area (Å²) in [5, 5.41) is 8.10. The van der Waals surface area contributed by atoms with Gasteiger partial charge in [0, 0.05) is 11.9 Å². The van der Waals surface area contributed by atoms with Gasteiger partial charge in [-0.3, -0.25) is 4.98 Å². The molecule has 1 N–H and O–H groups in total. The summed E-state index contributed by atoms with van der Waals surface area (Å²) in [6.45, 7) is 0. The summed E-state index contributed by atoms with van der Waals surface area (Å²) < 4.78 is 37.7. The molecule has 0 atom stereocenters. The number of hydrogen-bond acceptors (Lipinski definition) is 2. The van der Waals surface area contributed by atoms with Crippen molar-refractivity contribution >= 4 is 5.97 Å². The highest BCUT2D eigenvalue weighted by Crippen LogP contribution is 2.19. The third-order valence-corrected chi connectivity index (χ3v) is 1.49. The van der Waals surface area contributed by atoms with Gasteiger partial charge < -0.3 is 5.11 Å². The zero-order valence-corrected chi connectivity index (χ0v) is 6.88. The molecule has 0 unspecified atom stereocenters. The lowest BCUT2D eigenvalue weighted by Gasteiger charge is -2.09. The average molecular weight is 205 g/mol. The predicted octanol–water partition coefficient (Wildman–Crippen LogP) is 1.48. The van der Waals surface area contributed by atoms with Crippen LogP contribution in [0.3, 0.4) is 0 Å². The third kappa shape index (κ3) is 2.45. The quantitative estimate of drug-likeness (QED) is 0.813. The van der Waals surface area contributed by atoms with Crippen molar-refractivity contribution in [3.05, 3.63) is 29.8 Å². The van der Waals surface area contributed by atoms with Gasteiger partial charge in [-0.25, -0.2) is 9.18 Å². The third-order valence-electron chi connectivity index (χ3n) is 1.49. The van der Waals surface area contributed by atoms with Crippen LogP contribution in [0.4, 0.5) is 13.2 Å². The van der Waals surface area contributed by atoms with E-state index < -0.39 is 24.1 Å². The minimum Gasteiger partial charge on any atom is -0.477 e. The van der Waals surface area contributed by atoms with Gasteiger partial charge in [0.05, 0.1) is 6.42 Å². The summed E-state index contributed by atoms with van der Waals surface area (Å²) in [5.74, 6) is -6.89. The molecule has 0 bridgehead atoms. The van der Waals surface area contributed by atoms with E-state index in [0.717, 1.165) is 18.3 Å². The van der Waals surface area contributed by atoms with E-state index in [0.29, 0.717) is 0 Å². The number of carboxylic acids is 1. The van der Waals surface area contributed by atoms with Crippen LogP contribution in [-0.2, 0) is 11.2 Å². The van der Waals surface area contributed by atoms with Crippen LogP contribution in [0.25, 0.3) is 0 Å². The van der Waals surface area contributed by atoms with Crippen LogP contribution in [0, 0.1) is 5.82 Å². The molecule has 6 heteroatoms. The number of nitrogens with zero attached hydrogens (tertiary/aromatic N) is 1. The lowest BCUT2D eigenvalue weighted by molar-refractivity contribution is -0.164. The number of halogens is 3. The van der Waals surface area contributed by atoms with Crippen LogP contribution in [0.15, 0.2) is 18.3 Å². The van der Waals surface area contributed by atoms with Gasteiger partial charge in [0.2, 0.25) is 0 Å². The second-order valence-electron chi connectivity index (χ2n) is 2.65. The summed E-state index contributed by atoms with van der Waals surface area (Å²) in [5.41, 5.74) is -0.294. The second kappa shape index (κ2) is 3.65. The molecule has 0 aliphatic carbocycles. The zero-order valence-electron chi connectivity index (χ0n) is 6.88. The molecular formula is C8H6F3NO2. The fraction of sp³-hybridized carbons (Fsp3) is 0.250. The highest BCUT2D eigenvalue weighted by molar-refractivity contribution is 5.75. The van der Waals surface area contributed by atoms with E-state index in [-0.39, 0.29) is 5.69 Å². The van der Waals surface area contributed by atoms with Crippen molar-refractivity contribution in [2.45, 2.75) is 12.3 Å². The van der Waals surface area contributed by atoms with Crippen LogP contribution in [0.1, 0.15) is 5.69 Å². The van der Waals surface area contributed by atoms with Gasteiger partial charge in [0.25, 0.3) is 0 Å². The maximum absolute atomic E-state index is 12.6. The fourth-order valence-electron chi connectivity index (χ4n) is 0.849. The minimum absolute atomic E-state index is 0.294. The number of carbonyl (C=O) groups is 1. The Hall–Kier alpha value is -1.59. The van der Waals surface area contributed by atoms with Crippen LogP contribution in [0.5, 0.6) is 0 Å². The van der Waals surface area contributed by atoms with Crippen LogP contribution < -0.4 is 0 Å². The van der Waals surface area contributed by atoms with Gasteiger partial charge in [-0.2, -0.15) is 8.78 Å². The molecule has 0 saturated heterocycles. The second-order valence-corrected chi connectivity index (χ2v) is 2.65. The van der Waals surface area contributed by atoms with E-state index >= 15 is 0 Å². The van der Waals surface area contributed by atoms with Gasteiger partial charge >= 0.3 is 11.9 Å². The first-order chi connectivity index (χ1) is 6.42. The Morgan fingerprint density at radius 2 is 2.21 bits per heavy atom. The number of carboxylic acid groups (broad SMARTS) is 1. The largest absolute Gasteiger partial charge is 0.477 e. The number of hydrogen-bond donors (Lipinski definition) is 1. The maximum atomic E-state index is 12.6. The highest BCUT2D eigenvalue weighted by Gasteiger charge is 2.39. The summed E-state index contributed by atoms with van der Waals surface area (Å²) in [6.07, 6.45) is -0.108. The van der Waals surface area contributed by atoms with Crippen molar-refractivity contribution in [3.63, 3.8) is 0 Å². The van der Waals surface area contributed by atoms with Crippen molar-refractivity contribution < 1.29 is 23.1 Å². The topological polar surface area (TPSA) is 50.2 Å². The summed E-state index contributed by atoms with van der Waals surface area (Å²) >= 11 is 0. The van der Waals surface area contributed by atoms with Gasteiger partial charge in [-0.1, -0.05) is 0 Å². The molecule has 1 aromatic rings. The van der Waals surface area contributed by atoms with E-state index in [2.05, 4.69) is 4.98 Å². The van der Waals surface area contributed by atoms with E-state index in [1.165, 1.54) is 0 Å². The molecule has 0 spiro atoms. The van der Waals surface area contributed by atoms with E-state index in [1.54, 1.807) is 0 Å². The highest BCUT2D eigenvalue weighted by atomic mass is 19.3. The Morgan fingerprint density at radius 3 is 2.71 bits per heavy atom. The SMILES string of the molecule is O=C(O)C(F)(F)Cc1cc(F)ccn1. The number of aromatic nitrogens is 1. The molecule has 14 heavy (non-hydrogen) atoms. The van der Waals surface area contributed by atoms with Crippen LogP contribution in [-0.4, -0.2) is 22.0 Å². The number of pyridine rings is 1. The molecule has 1 rings (SSSR count). The first-order valence-corrected chi connectivity index (χ1v) is 3.63. The molecule has 0 saturated carbocycles. The molecule has 0 amide bonds. The Balaban J connectivity index is 2.83. The van der Waals surface area contributed by atoms with Crippen molar-refractivity contribution in [1.29, 1.82) is 0 Å². The van der Waals surface area contributed by atoms with E-state index in [4.69, 9.17) is 5.11 Å².